The molecule has 7 aromatic rings. The number of nitrogens with zero attached hydrogens (tertiary/aromatic N) is 4. The molecule has 0 atom stereocenters. The van der Waals surface area contributed by atoms with Gasteiger partial charge in [0.2, 0.25) is 0 Å². The number of rotatable bonds is 3. The number of imidazole rings is 1. The van der Waals surface area contributed by atoms with E-state index < -0.39 is 6.09 Å². The van der Waals surface area contributed by atoms with Crippen LogP contribution >= 0.6 is 0 Å². The van der Waals surface area contributed by atoms with Crippen molar-refractivity contribution in [2.75, 3.05) is 0 Å². The summed E-state index contributed by atoms with van der Waals surface area (Å²) < 4.78 is 4.99. The monoisotopic (exact) mass is 498 g/mol. The molecular formula is C31H22N4O3. The zero-order valence-corrected chi connectivity index (χ0v) is 20.5. The highest BCUT2D eigenvalue weighted by molar-refractivity contribution is 6.09. The van der Waals surface area contributed by atoms with Gasteiger partial charge in [-0.2, -0.15) is 0 Å². The van der Waals surface area contributed by atoms with Crippen molar-refractivity contribution >= 4 is 49.8 Å². The van der Waals surface area contributed by atoms with E-state index >= 15 is 0 Å². The maximum atomic E-state index is 13.8. The maximum absolute atomic E-state index is 13.8. The number of carboxylic acid groups (broad SMARTS) is 1. The average Bonchev–Trinajstić information content (AvgIpc) is 3.49. The van der Waals surface area contributed by atoms with E-state index in [-0.39, 0.29) is 16.9 Å². The molecule has 0 saturated carbocycles. The van der Waals surface area contributed by atoms with Crippen molar-refractivity contribution < 1.29 is 9.90 Å². The quantitative estimate of drug-likeness (QED) is 0.295. The number of hydrogen-bond donors (Lipinski definition) is 1. The van der Waals surface area contributed by atoms with Crippen LogP contribution in [-0.2, 0) is 6.54 Å². The van der Waals surface area contributed by atoms with Gasteiger partial charge < -0.3 is 14.2 Å². The second-order valence-electron chi connectivity index (χ2n) is 9.26. The number of para-hydroxylation sites is 4. The van der Waals surface area contributed by atoms with Gasteiger partial charge in [0.1, 0.15) is 0 Å². The Balaban J connectivity index is 1.51. The average molecular weight is 499 g/mol. The number of pyridine rings is 1. The van der Waals surface area contributed by atoms with Gasteiger partial charge >= 0.3 is 6.09 Å². The third kappa shape index (κ3) is 3.05. The van der Waals surface area contributed by atoms with Gasteiger partial charge in [0.05, 0.1) is 33.1 Å². The van der Waals surface area contributed by atoms with E-state index in [1.165, 1.54) is 10.8 Å². The number of aryl methyl sites for hydroxylation is 1. The first-order valence-electron chi connectivity index (χ1n) is 12.4. The maximum Gasteiger partial charge on any atom is 0.417 e. The first-order valence-corrected chi connectivity index (χ1v) is 12.4. The molecule has 7 rings (SSSR count). The number of hydrogen-bond acceptors (Lipinski definition) is 3. The largest absolute Gasteiger partial charge is 0.464 e. The van der Waals surface area contributed by atoms with E-state index in [1.807, 2.05) is 49.4 Å². The summed E-state index contributed by atoms with van der Waals surface area (Å²) >= 11 is 0. The molecule has 3 aromatic heterocycles. The first-order chi connectivity index (χ1) is 18.6. The van der Waals surface area contributed by atoms with Gasteiger partial charge in [0.15, 0.2) is 5.82 Å². The first kappa shape index (κ1) is 22.1. The molecule has 7 nitrogen and oxygen atoms in total. The molecule has 0 aliphatic carbocycles. The third-order valence-electron chi connectivity index (χ3n) is 7.23. The fraction of sp³-hybridized carbons (Fsp3) is 0.0645. The summed E-state index contributed by atoms with van der Waals surface area (Å²) in [5.41, 5.74) is 4.84. The minimum absolute atomic E-state index is 0.124. The van der Waals surface area contributed by atoms with Crippen molar-refractivity contribution in [3.8, 4) is 17.1 Å². The van der Waals surface area contributed by atoms with Crippen LogP contribution in [0.15, 0.2) is 102 Å². The van der Waals surface area contributed by atoms with Crippen LogP contribution in [0, 0.1) is 0 Å². The Labute approximate surface area is 216 Å². The highest BCUT2D eigenvalue weighted by atomic mass is 16.4. The smallest absolute Gasteiger partial charge is 0.417 e. The third-order valence-corrected chi connectivity index (χ3v) is 7.23. The van der Waals surface area contributed by atoms with Crippen molar-refractivity contribution in [1.29, 1.82) is 0 Å². The van der Waals surface area contributed by atoms with Crippen LogP contribution in [-0.4, -0.2) is 29.9 Å². The zero-order chi connectivity index (χ0) is 26.0. The molecule has 38 heavy (non-hydrogen) atoms. The molecule has 0 aliphatic rings. The van der Waals surface area contributed by atoms with Gasteiger partial charge in [-0.05, 0) is 54.8 Å². The molecule has 0 radical (unpaired) electrons. The lowest BCUT2D eigenvalue weighted by Gasteiger charge is -2.14. The Morgan fingerprint density at radius 3 is 2.08 bits per heavy atom. The summed E-state index contributed by atoms with van der Waals surface area (Å²) in [5.74, 6) is 0.124. The van der Waals surface area contributed by atoms with Crippen LogP contribution in [0.25, 0.3) is 60.8 Å². The van der Waals surface area contributed by atoms with E-state index in [2.05, 4.69) is 33.8 Å². The summed E-state index contributed by atoms with van der Waals surface area (Å²) in [4.78, 5) is 30.5. The van der Waals surface area contributed by atoms with Crippen LogP contribution in [0.3, 0.4) is 0 Å². The minimum Gasteiger partial charge on any atom is -0.464 e. The van der Waals surface area contributed by atoms with Crippen LogP contribution < -0.4 is 5.56 Å². The molecule has 0 unspecified atom stereocenters. The second-order valence-corrected chi connectivity index (χ2v) is 9.26. The van der Waals surface area contributed by atoms with Crippen molar-refractivity contribution in [1.82, 2.24) is 18.7 Å². The number of benzene rings is 4. The lowest BCUT2D eigenvalue weighted by molar-refractivity contribution is 0.197. The summed E-state index contributed by atoms with van der Waals surface area (Å²) in [6.07, 6.45) is -1.18. The van der Waals surface area contributed by atoms with Crippen LogP contribution in [0.1, 0.15) is 6.92 Å². The lowest BCUT2D eigenvalue weighted by atomic mass is 10.1. The van der Waals surface area contributed by atoms with E-state index in [0.717, 1.165) is 32.2 Å². The topological polar surface area (TPSA) is 82.1 Å². The summed E-state index contributed by atoms with van der Waals surface area (Å²) in [5, 5.41) is 13.1. The van der Waals surface area contributed by atoms with Crippen molar-refractivity contribution in [3.63, 3.8) is 0 Å². The van der Waals surface area contributed by atoms with Crippen molar-refractivity contribution in [3.05, 3.63) is 107 Å². The van der Waals surface area contributed by atoms with E-state index in [1.54, 1.807) is 34.9 Å². The molecule has 0 saturated heterocycles. The van der Waals surface area contributed by atoms with Gasteiger partial charge in [-0.15, -0.1) is 0 Å². The molecule has 0 amide bonds. The van der Waals surface area contributed by atoms with Gasteiger partial charge in [-0.1, -0.05) is 54.6 Å². The van der Waals surface area contributed by atoms with Crippen LogP contribution in [0.4, 0.5) is 4.79 Å². The molecule has 7 heteroatoms. The summed E-state index contributed by atoms with van der Waals surface area (Å²) in [6.45, 7) is 2.34. The van der Waals surface area contributed by atoms with Gasteiger partial charge in [0.25, 0.3) is 5.56 Å². The fourth-order valence-electron chi connectivity index (χ4n) is 5.57. The van der Waals surface area contributed by atoms with Gasteiger partial charge in [-0.25, -0.2) is 14.3 Å². The van der Waals surface area contributed by atoms with E-state index in [4.69, 9.17) is 0 Å². The normalized spacial score (nSPS) is 11.7. The highest BCUT2D eigenvalue weighted by Crippen LogP contribution is 2.33. The molecule has 3 heterocycles. The molecular weight excluding hydrogens is 476 g/mol. The molecule has 0 spiro atoms. The van der Waals surface area contributed by atoms with E-state index in [0.29, 0.717) is 17.6 Å². The molecule has 184 valence electrons. The van der Waals surface area contributed by atoms with Gasteiger partial charge in [-0.3, -0.25) is 4.79 Å². The summed E-state index contributed by atoms with van der Waals surface area (Å²) in [7, 11) is 0. The standard InChI is InChI=1S/C31H22N4O3/c1-2-33-28-18-20(34-25-12-6-3-9-21(25)22-10-4-7-13-26(22)34)16-15-19(28)17-23(30(33)36)29-32-24-11-5-8-14-27(24)35(29)31(37)38/h3-18H,2H2,1H3,(H,37,38). The predicted octanol–water partition coefficient (Wildman–Crippen LogP) is 6.66. The fourth-order valence-corrected chi connectivity index (χ4v) is 5.57. The molecule has 4 aromatic carbocycles. The molecule has 1 N–H and O–H groups in total. The number of fused-ring (bicyclic) bond motifs is 5. The predicted molar refractivity (Wildman–Crippen MR) is 150 cm³/mol. The highest BCUT2D eigenvalue weighted by Gasteiger charge is 2.22. The van der Waals surface area contributed by atoms with Crippen LogP contribution in [0.2, 0.25) is 0 Å². The Kier molecular flexibility index (Phi) is 4.75. The van der Waals surface area contributed by atoms with E-state index in [9.17, 15) is 14.7 Å². The molecule has 0 fully saturated rings. The Morgan fingerprint density at radius 1 is 0.789 bits per heavy atom. The lowest BCUT2D eigenvalue weighted by Crippen LogP contribution is -2.23. The second kappa shape index (κ2) is 8.18. The van der Waals surface area contributed by atoms with Crippen LogP contribution in [0.5, 0.6) is 0 Å². The Hall–Kier alpha value is -5.17. The SMILES string of the molecule is CCn1c(=O)c(-c2nc3ccccc3n2C(=O)O)cc2ccc(-n3c4ccccc4c4ccccc43)cc21. The Bertz CT molecular complexity index is 2080. The number of aromatic nitrogens is 4. The minimum atomic E-state index is -1.18. The van der Waals surface area contributed by atoms with Crippen molar-refractivity contribution in [2.24, 2.45) is 0 Å². The number of carbonyl (C=O) groups is 1. The van der Waals surface area contributed by atoms with Crippen molar-refractivity contribution in [2.45, 2.75) is 13.5 Å². The van der Waals surface area contributed by atoms with Gasteiger partial charge in [0, 0.05) is 23.0 Å². The summed E-state index contributed by atoms with van der Waals surface area (Å²) in [6, 6.07) is 31.4. The Morgan fingerprint density at radius 2 is 1.42 bits per heavy atom. The molecule has 0 bridgehead atoms. The zero-order valence-electron chi connectivity index (χ0n) is 20.5. The molecule has 0 aliphatic heterocycles.